The van der Waals surface area contributed by atoms with E-state index in [4.69, 9.17) is 4.74 Å². The van der Waals surface area contributed by atoms with Crippen molar-refractivity contribution in [3.63, 3.8) is 0 Å². The molecule has 1 unspecified atom stereocenters. The molecule has 1 amide bonds. The second kappa shape index (κ2) is 8.01. The van der Waals surface area contributed by atoms with Gasteiger partial charge in [-0.3, -0.25) is 4.79 Å². The molecule has 0 bridgehead atoms. The number of anilines is 1. The Labute approximate surface area is 164 Å². The molecule has 0 fully saturated rings. The summed E-state index contributed by atoms with van der Waals surface area (Å²) in [5.74, 6) is 0.759. The Bertz CT molecular complexity index is 1070. The van der Waals surface area contributed by atoms with E-state index >= 15 is 0 Å². The molecule has 1 atom stereocenters. The highest BCUT2D eigenvalue weighted by atomic mass is 16.5. The molecule has 0 saturated carbocycles. The molecule has 4 nitrogen and oxygen atoms in total. The first-order valence-corrected chi connectivity index (χ1v) is 9.34. The molecule has 0 spiro atoms. The number of hydrogen-bond acceptors (Lipinski definition) is 2. The van der Waals surface area contributed by atoms with Crippen LogP contribution in [0.25, 0.3) is 10.9 Å². The SMILES string of the molecule is CC(C(=O)Nc1ccccc1)n1ccc2c(OCc3ccccc3)cccc21. The van der Waals surface area contributed by atoms with Crippen molar-refractivity contribution in [2.75, 3.05) is 5.32 Å². The second-order valence-corrected chi connectivity index (χ2v) is 6.72. The van der Waals surface area contributed by atoms with Gasteiger partial charge in [0.25, 0.3) is 0 Å². The maximum Gasteiger partial charge on any atom is 0.247 e. The predicted octanol–water partition coefficient (Wildman–Crippen LogP) is 5.42. The highest BCUT2D eigenvalue weighted by Gasteiger charge is 2.18. The Kier molecular flexibility index (Phi) is 5.11. The molecule has 1 aromatic heterocycles. The van der Waals surface area contributed by atoms with Gasteiger partial charge in [-0.05, 0) is 42.8 Å². The summed E-state index contributed by atoms with van der Waals surface area (Å²) < 4.78 is 8.02. The van der Waals surface area contributed by atoms with Gasteiger partial charge < -0.3 is 14.6 Å². The van der Waals surface area contributed by atoms with Crippen LogP contribution in [-0.4, -0.2) is 10.5 Å². The average molecular weight is 370 g/mol. The summed E-state index contributed by atoms with van der Waals surface area (Å²) in [5.41, 5.74) is 2.89. The lowest BCUT2D eigenvalue weighted by Gasteiger charge is -2.16. The van der Waals surface area contributed by atoms with Crippen molar-refractivity contribution in [2.45, 2.75) is 19.6 Å². The van der Waals surface area contributed by atoms with Gasteiger partial charge >= 0.3 is 0 Å². The minimum absolute atomic E-state index is 0.0562. The molecule has 3 aromatic carbocycles. The number of para-hydroxylation sites is 1. The summed E-state index contributed by atoms with van der Waals surface area (Å²) in [6, 6.07) is 27.2. The van der Waals surface area contributed by atoms with Crippen LogP contribution in [-0.2, 0) is 11.4 Å². The molecule has 28 heavy (non-hydrogen) atoms. The zero-order chi connectivity index (χ0) is 19.3. The summed E-state index contributed by atoms with van der Waals surface area (Å²) in [7, 11) is 0. The normalized spacial score (nSPS) is 11.9. The van der Waals surface area contributed by atoms with Crippen molar-refractivity contribution < 1.29 is 9.53 Å². The van der Waals surface area contributed by atoms with Crippen molar-refractivity contribution in [3.05, 3.63) is 96.7 Å². The number of aromatic nitrogens is 1. The van der Waals surface area contributed by atoms with Crippen LogP contribution in [0, 0.1) is 0 Å². The smallest absolute Gasteiger partial charge is 0.247 e. The van der Waals surface area contributed by atoms with E-state index in [9.17, 15) is 4.79 Å². The van der Waals surface area contributed by atoms with Crippen LogP contribution < -0.4 is 10.1 Å². The first-order valence-electron chi connectivity index (χ1n) is 9.34. The van der Waals surface area contributed by atoms with Gasteiger partial charge in [0.1, 0.15) is 18.4 Å². The molecule has 1 N–H and O–H groups in total. The largest absolute Gasteiger partial charge is 0.488 e. The average Bonchev–Trinajstić information content (AvgIpc) is 3.18. The van der Waals surface area contributed by atoms with Crippen LogP contribution in [0.2, 0.25) is 0 Å². The van der Waals surface area contributed by atoms with Gasteiger partial charge in [0, 0.05) is 17.3 Å². The Hall–Kier alpha value is -3.53. The van der Waals surface area contributed by atoms with Crippen molar-refractivity contribution in [2.24, 2.45) is 0 Å². The summed E-state index contributed by atoms with van der Waals surface area (Å²) in [6.45, 7) is 2.41. The van der Waals surface area contributed by atoms with E-state index in [1.165, 1.54) is 0 Å². The fraction of sp³-hybridized carbons (Fsp3) is 0.125. The molecule has 4 heteroatoms. The lowest BCUT2D eigenvalue weighted by molar-refractivity contribution is -0.118. The molecular weight excluding hydrogens is 348 g/mol. The fourth-order valence-electron chi connectivity index (χ4n) is 3.25. The van der Waals surface area contributed by atoms with Gasteiger partial charge in [-0.25, -0.2) is 0 Å². The van der Waals surface area contributed by atoms with E-state index in [1.807, 2.05) is 103 Å². The third-order valence-corrected chi connectivity index (χ3v) is 4.80. The number of ether oxygens (including phenoxy) is 1. The van der Waals surface area contributed by atoms with Crippen LogP contribution in [0.5, 0.6) is 5.75 Å². The van der Waals surface area contributed by atoms with Gasteiger partial charge in [-0.2, -0.15) is 0 Å². The maximum absolute atomic E-state index is 12.7. The molecule has 0 saturated heterocycles. The number of amides is 1. The number of benzene rings is 3. The van der Waals surface area contributed by atoms with E-state index in [0.29, 0.717) is 6.61 Å². The number of nitrogens with one attached hydrogen (secondary N) is 1. The Balaban J connectivity index is 1.54. The first kappa shape index (κ1) is 17.9. The number of carbonyl (C=O) groups is 1. The van der Waals surface area contributed by atoms with Crippen LogP contribution in [0.1, 0.15) is 18.5 Å². The van der Waals surface area contributed by atoms with Crippen LogP contribution in [0.15, 0.2) is 91.1 Å². The second-order valence-electron chi connectivity index (χ2n) is 6.72. The van der Waals surface area contributed by atoms with Crippen molar-refractivity contribution in [3.8, 4) is 5.75 Å². The van der Waals surface area contributed by atoms with Gasteiger partial charge in [0.15, 0.2) is 0 Å². The summed E-state index contributed by atoms with van der Waals surface area (Å²) in [6.07, 6.45) is 1.94. The highest BCUT2D eigenvalue weighted by molar-refractivity contribution is 5.95. The molecule has 0 aliphatic rings. The molecule has 1 heterocycles. The molecule has 4 aromatic rings. The van der Waals surface area contributed by atoms with E-state index in [0.717, 1.165) is 27.9 Å². The molecular formula is C24H22N2O2. The Morgan fingerprint density at radius 3 is 2.39 bits per heavy atom. The van der Waals surface area contributed by atoms with Crippen LogP contribution >= 0.6 is 0 Å². The van der Waals surface area contributed by atoms with E-state index in [1.54, 1.807) is 0 Å². The zero-order valence-corrected chi connectivity index (χ0v) is 15.7. The Morgan fingerprint density at radius 2 is 1.64 bits per heavy atom. The summed E-state index contributed by atoms with van der Waals surface area (Å²) in [5, 5.41) is 3.96. The molecule has 4 rings (SSSR count). The quantitative estimate of drug-likeness (QED) is 0.492. The zero-order valence-electron chi connectivity index (χ0n) is 15.7. The van der Waals surface area contributed by atoms with Gasteiger partial charge in [-0.15, -0.1) is 0 Å². The van der Waals surface area contributed by atoms with E-state index < -0.39 is 0 Å². The number of rotatable bonds is 6. The standard InChI is InChI=1S/C24H22N2O2/c1-18(24(27)25-20-11-6-3-7-12-20)26-16-15-21-22(26)13-8-14-23(21)28-17-19-9-4-2-5-10-19/h2-16,18H,17H2,1H3,(H,25,27). The maximum atomic E-state index is 12.7. The minimum atomic E-state index is -0.345. The van der Waals surface area contributed by atoms with Crippen molar-refractivity contribution in [1.29, 1.82) is 0 Å². The van der Waals surface area contributed by atoms with Crippen LogP contribution in [0.4, 0.5) is 5.69 Å². The summed E-state index contributed by atoms with van der Waals surface area (Å²) in [4.78, 5) is 12.7. The number of hydrogen-bond donors (Lipinski definition) is 1. The summed E-state index contributed by atoms with van der Waals surface area (Å²) >= 11 is 0. The topological polar surface area (TPSA) is 43.3 Å². The van der Waals surface area contributed by atoms with Crippen molar-refractivity contribution >= 4 is 22.5 Å². The predicted molar refractivity (Wildman–Crippen MR) is 112 cm³/mol. The lowest BCUT2D eigenvalue weighted by Crippen LogP contribution is -2.23. The van der Waals surface area contributed by atoms with Gasteiger partial charge in [-0.1, -0.05) is 54.6 Å². The number of fused-ring (bicyclic) bond motifs is 1. The third kappa shape index (κ3) is 3.76. The first-order chi connectivity index (χ1) is 13.7. The molecule has 140 valence electrons. The van der Waals surface area contributed by atoms with Crippen molar-refractivity contribution in [1.82, 2.24) is 4.57 Å². The number of carbonyl (C=O) groups excluding carboxylic acids is 1. The Morgan fingerprint density at radius 1 is 0.929 bits per heavy atom. The lowest BCUT2D eigenvalue weighted by atomic mass is 10.2. The molecule has 0 radical (unpaired) electrons. The van der Waals surface area contributed by atoms with Crippen LogP contribution in [0.3, 0.4) is 0 Å². The molecule has 0 aliphatic carbocycles. The highest BCUT2D eigenvalue weighted by Crippen LogP contribution is 2.29. The minimum Gasteiger partial charge on any atom is -0.488 e. The monoisotopic (exact) mass is 370 g/mol. The third-order valence-electron chi connectivity index (χ3n) is 4.80. The van der Waals surface area contributed by atoms with E-state index in [2.05, 4.69) is 5.32 Å². The number of nitrogens with zero attached hydrogens (tertiary/aromatic N) is 1. The fourth-order valence-corrected chi connectivity index (χ4v) is 3.25. The van der Waals surface area contributed by atoms with E-state index in [-0.39, 0.29) is 11.9 Å². The van der Waals surface area contributed by atoms with Gasteiger partial charge in [0.2, 0.25) is 5.91 Å². The van der Waals surface area contributed by atoms with Gasteiger partial charge in [0.05, 0.1) is 5.52 Å². The molecule has 0 aliphatic heterocycles.